The number of rotatable bonds is 1. The summed E-state index contributed by atoms with van der Waals surface area (Å²) in [6.07, 6.45) is 3.58. The molecule has 0 radical (unpaired) electrons. The molecule has 1 fully saturated rings. The Morgan fingerprint density at radius 3 is 1.82 bits per heavy atom. The number of likely N-dealkylation sites (tertiary alicyclic amines) is 1. The van der Waals surface area contributed by atoms with Crippen LogP contribution in [-0.4, -0.2) is 30.3 Å². The van der Waals surface area contributed by atoms with E-state index in [1.54, 1.807) is 0 Å². The van der Waals surface area contributed by atoms with Gasteiger partial charge >= 0.3 is 0 Å². The third-order valence-electron chi connectivity index (χ3n) is 1.87. The number of hydrogen-bond donors (Lipinski definition) is 0. The van der Waals surface area contributed by atoms with Gasteiger partial charge in [0, 0.05) is 6.04 Å². The molecule has 66 valence electrons. The fourth-order valence-electron chi connectivity index (χ4n) is 1.26. The van der Waals surface area contributed by atoms with Crippen molar-refractivity contribution < 1.29 is 4.79 Å². The summed E-state index contributed by atoms with van der Waals surface area (Å²) in [4.78, 5) is 11.3. The summed E-state index contributed by atoms with van der Waals surface area (Å²) < 4.78 is 0. The standard InChI is InChI=1S/C7H15N.C2H4O/c1-7(2)8-5-3-4-6-8;1-2-3/h7H,3-6H2,1-2H3;2H,1H3. The van der Waals surface area contributed by atoms with E-state index in [0.717, 1.165) is 12.3 Å². The molecule has 0 aromatic rings. The van der Waals surface area contributed by atoms with Crippen molar-refractivity contribution in [1.82, 2.24) is 4.90 Å². The van der Waals surface area contributed by atoms with E-state index in [-0.39, 0.29) is 0 Å². The molecule has 0 aromatic carbocycles. The highest BCUT2D eigenvalue weighted by atomic mass is 16.1. The van der Waals surface area contributed by atoms with Crippen molar-refractivity contribution >= 4 is 6.29 Å². The Kier molecular flexibility index (Phi) is 6.13. The second-order valence-corrected chi connectivity index (χ2v) is 3.07. The molecule has 0 amide bonds. The summed E-state index contributed by atoms with van der Waals surface area (Å²) in [5.74, 6) is 0. The van der Waals surface area contributed by atoms with Crippen LogP contribution in [0.3, 0.4) is 0 Å². The predicted octanol–water partition coefficient (Wildman–Crippen LogP) is 1.70. The van der Waals surface area contributed by atoms with E-state index in [1.807, 2.05) is 0 Å². The molecule has 1 aliphatic rings. The number of aldehydes is 1. The molecule has 0 atom stereocenters. The Hall–Kier alpha value is -0.370. The molecule has 1 heterocycles. The van der Waals surface area contributed by atoms with Crippen molar-refractivity contribution in [2.75, 3.05) is 13.1 Å². The van der Waals surface area contributed by atoms with Gasteiger partial charge in [-0.25, -0.2) is 0 Å². The molecule has 11 heavy (non-hydrogen) atoms. The molecule has 0 aromatic heterocycles. The molecular formula is C9H19NO. The second kappa shape index (κ2) is 6.35. The molecule has 2 heteroatoms. The lowest BCUT2D eigenvalue weighted by Gasteiger charge is -2.18. The lowest BCUT2D eigenvalue weighted by atomic mass is 10.3. The highest BCUT2D eigenvalue weighted by molar-refractivity contribution is 5.44. The molecule has 0 aliphatic carbocycles. The molecule has 0 saturated carbocycles. The van der Waals surface area contributed by atoms with Crippen molar-refractivity contribution in [3.63, 3.8) is 0 Å². The van der Waals surface area contributed by atoms with Crippen LogP contribution in [0.4, 0.5) is 0 Å². The fraction of sp³-hybridized carbons (Fsp3) is 0.889. The van der Waals surface area contributed by atoms with E-state index in [4.69, 9.17) is 4.79 Å². The van der Waals surface area contributed by atoms with Crippen LogP contribution in [0, 0.1) is 0 Å². The quantitative estimate of drug-likeness (QED) is 0.540. The highest BCUT2D eigenvalue weighted by Gasteiger charge is 2.13. The van der Waals surface area contributed by atoms with Crippen LogP contribution in [0.25, 0.3) is 0 Å². The topological polar surface area (TPSA) is 20.3 Å². The SMILES string of the molecule is CC(C)N1CCCC1.CC=O. The molecular weight excluding hydrogens is 138 g/mol. The van der Waals surface area contributed by atoms with Gasteiger partial charge < -0.3 is 9.69 Å². The van der Waals surface area contributed by atoms with Crippen LogP contribution in [0.2, 0.25) is 0 Å². The van der Waals surface area contributed by atoms with Crippen molar-refractivity contribution in [1.29, 1.82) is 0 Å². The molecule has 2 nitrogen and oxygen atoms in total. The van der Waals surface area contributed by atoms with Gasteiger partial charge in [-0.15, -0.1) is 0 Å². The van der Waals surface area contributed by atoms with Crippen molar-refractivity contribution in [2.24, 2.45) is 0 Å². The zero-order valence-electron chi connectivity index (χ0n) is 7.84. The highest BCUT2D eigenvalue weighted by Crippen LogP contribution is 2.09. The maximum atomic E-state index is 8.81. The average molecular weight is 157 g/mol. The van der Waals surface area contributed by atoms with Crippen LogP contribution >= 0.6 is 0 Å². The monoisotopic (exact) mass is 157 g/mol. The maximum Gasteiger partial charge on any atom is 0.116 e. The number of carbonyl (C=O) groups excluding carboxylic acids is 1. The zero-order chi connectivity index (χ0) is 8.69. The molecule has 0 bridgehead atoms. The first kappa shape index (κ1) is 10.6. The number of carbonyl (C=O) groups is 1. The van der Waals surface area contributed by atoms with Crippen LogP contribution < -0.4 is 0 Å². The summed E-state index contributed by atoms with van der Waals surface area (Å²) in [5, 5.41) is 0. The van der Waals surface area contributed by atoms with E-state index < -0.39 is 0 Å². The summed E-state index contributed by atoms with van der Waals surface area (Å²) >= 11 is 0. The molecule has 0 N–H and O–H groups in total. The van der Waals surface area contributed by atoms with E-state index in [2.05, 4.69) is 18.7 Å². The van der Waals surface area contributed by atoms with Crippen LogP contribution in [0.15, 0.2) is 0 Å². The smallest absolute Gasteiger partial charge is 0.116 e. The van der Waals surface area contributed by atoms with Gasteiger partial charge in [0.05, 0.1) is 0 Å². The third kappa shape index (κ3) is 4.96. The molecule has 0 spiro atoms. The summed E-state index contributed by atoms with van der Waals surface area (Å²) in [5.41, 5.74) is 0. The fourth-order valence-corrected chi connectivity index (χ4v) is 1.26. The Morgan fingerprint density at radius 2 is 1.64 bits per heavy atom. The first-order valence-corrected chi connectivity index (χ1v) is 4.36. The lowest BCUT2D eigenvalue weighted by molar-refractivity contribution is -0.106. The van der Waals surface area contributed by atoms with E-state index in [0.29, 0.717) is 0 Å². The normalized spacial score (nSPS) is 17.8. The molecule has 1 rings (SSSR count). The first-order chi connectivity index (χ1) is 5.22. The Balaban J connectivity index is 0.000000292. The van der Waals surface area contributed by atoms with E-state index in [9.17, 15) is 0 Å². The van der Waals surface area contributed by atoms with Gasteiger partial charge in [-0.2, -0.15) is 0 Å². The lowest BCUT2D eigenvalue weighted by Crippen LogP contribution is -2.26. The first-order valence-electron chi connectivity index (χ1n) is 4.36. The Morgan fingerprint density at radius 1 is 1.27 bits per heavy atom. The third-order valence-corrected chi connectivity index (χ3v) is 1.87. The van der Waals surface area contributed by atoms with E-state index in [1.165, 1.54) is 32.9 Å². The largest absolute Gasteiger partial charge is 0.304 e. The average Bonchev–Trinajstić information content (AvgIpc) is 2.38. The van der Waals surface area contributed by atoms with Gasteiger partial charge in [0.1, 0.15) is 6.29 Å². The summed E-state index contributed by atoms with van der Waals surface area (Å²) in [7, 11) is 0. The Labute approximate surface area is 69.6 Å². The second-order valence-electron chi connectivity index (χ2n) is 3.07. The van der Waals surface area contributed by atoms with Gasteiger partial charge in [-0.3, -0.25) is 0 Å². The van der Waals surface area contributed by atoms with Gasteiger partial charge in [-0.05, 0) is 46.7 Å². The number of nitrogens with zero attached hydrogens (tertiary/aromatic N) is 1. The van der Waals surface area contributed by atoms with Crippen molar-refractivity contribution in [2.45, 2.75) is 39.7 Å². The molecule has 1 aliphatic heterocycles. The number of hydrogen-bond acceptors (Lipinski definition) is 2. The minimum atomic E-state index is 0.750. The van der Waals surface area contributed by atoms with Crippen LogP contribution in [0.5, 0.6) is 0 Å². The van der Waals surface area contributed by atoms with Crippen molar-refractivity contribution in [3.05, 3.63) is 0 Å². The van der Waals surface area contributed by atoms with Gasteiger partial charge in [0.15, 0.2) is 0 Å². The molecule has 1 saturated heterocycles. The maximum absolute atomic E-state index is 8.81. The molecule has 0 unspecified atom stereocenters. The Bertz CT molecular complexity index is 95.7. The minimum Gasteiger partial charge on any atom is -0.304 e. The van der Waals surface area contributed by atoms with Gasteiger partial charge in [-0.1, -0.05) is 0 Å². The zero-order valence-corrected chi connectivity index (χ0v) is 7.84. The van der Waals surface area contributed by atoms with Crippen molar-refractivity contribution in [3.8, 4) is 0 Å². The predicted molar refractivity (Wildman–Crippen MR) is 47.7 cm³/mol. The van der Waals surface area contributed by atoms with Crippen LogP contribution in [0.1, 0.15) is 33.6 Å². The summed E-state index contributed by atoms with van der Waals surface area (Å²) in [6.45, 7) is 8.64. The van der Waals surface area contributed by atoms with E-state index >= 15 is 0 Å². The summed E-state index contributed by atoms with van der Waals surface area (Å²) in [6, 6.07) is 0.775. The van der Waals surface area contributed by atoms with Gasteiger partial charge in [0.25, 0.3) is 0 Å². The van der Waals surface area contributed by atoms with Crippen LogP contribution in [-0.2, 0) is 4.79 Å². The minimum absolute atomic E-state index is 0.750. The van der Waals surface area contributed by atoms with Gasteiger partial charge in [0.2, 0.25) is 0 Å².